The molecule has 7 heteroatoms. The largest absolute Gasteiger partial charge is 0.481 e. The zero-order valence-electron chi connectivity index (χ0n) is 14.0. The van der Waals surface area contributed by atoms with E-state index in [1.165, 1.54) is 12.0 Å². The highest BCUT2D eigenvalue weighted by Crippen LogP contribution is 2.24. The summed E-state index contributed by atoms with van der Waals surface area (Å²) in [5, 5.41) is 11.7. The molecule has 2 rings (SSSR count). The van der Waals surface area contributed by atoms with Crippen molar-refractivity contribution in [3.63, 3.8) is 0 Å². The molecule has 1 unspecified atom stereocenters. The molecule has 2 amide bonds. The third kappa shape index (κ3) is 3.84. The van der Waals surface area contributed by atoms with Gasteiger partial charge in [0.05, 0.1) is 24.3 Å². The molecule has 1 saturated heterocycles. The molecule has 1 aromatic carbocycles. The lowest BCUT2D eigenvalue weighted by Gasteiger charge is -2.19. The number of ether oxygens (including phenoxy) is 1. The number of carboxylic acids is 1. The summed E-state index contributed by atoms with van der Waals surface area (Å²) in [7, 11) is 1.29. The van der Waals surface area contributed by atoms with Crippen LogP contribution in [0.25, 0.3) is 0 Å². The number of rotatable bonds is 4. The topological polar surface area (TPSA) is 95.9 Å². The molecule has 7 nitrogen and oxygen atoms in total. The Morgan fingerprint density at radius 1 is 1.33 bits per heavy atom. The van der Waals surface area contributed by atoms with E-state index < -0.39 is 23.9 Å². The first kappa shape index (κ1) is 17.8. The van der Waals surface area contributed by atoms with Crippen LogP contribution >= 0.6 is 0 Å². The molecule has 24 heavy (non-hydrogen) atoms. The standard InChI is InChI=1S/C17H22N2O5/c1-10(2)11-4-5-14(13(8-11)16(22)24-3)18-17(23)19-7-6-12(9-19)15(20)21/h4-5,8,10,12H,6-7,9H2,1-3H3,(H,18,23)(H,20,21). The van der Waals surface area contributed by atoms with Crippen molar-refractivity contribution in [1.82, 2.24) is 4.90 Å². The molecule has 0 aliphatic carbocycles. The Bertz CT molecular complexity index is 656. The number of hydrogen-bond donors (Lipinski definition) is 2. The number of likely N-dealkylation sites (tertiary alicyclic amines) is 1. The van der Waals surface area contributed by atoms with E-state index in [4.69, 9.17) is 9.84 Å². The Hall–Kier alpha value is -2.57. The molecule has 1 heterocycles. The average Bonchev–Trinajstić information content (AvgIpc) is 3.04. The third-order valence-corrected chi connectivity index (χ3v) is 4.18. The predicted molar refractivity (Wildman–Crippen MR) is 88.2 cm³/mol. The first-order valence-corrected chi connectivity index (χ1v) is 7.84. The number of urea groups is 1. The molecule has 0 aromatic heterocycles. The normalized spacial score (nSPS) is 17.0. The molecule has 0 bridgehead atoms. The fraction of sp³-hybridized carbons (Fsp3) is 0.471. The number of nitrogens with one attached hydrogen (secondary N) is 1. The monoisotopic (exact) mass is 334 g/mol. The van der Waals surface area contributed by atoms with Crippen molar-refractivity contribution in [2.45, 2.75) is 26.2 Å². The molecule has 1 fully saturated rings. The number of hydrogen-bond acceptors (Lipinski definition) is 4. The van der Waals surface area contributed by atoms with Crippen LogP contribution in [0.1, 0.15) is 42.1 Å². The zero-order chi connectivity index (χ0) is 17.9. The maximum Gasteiger partial charge on any atom is 0.339 e. The molecule has 0 spiro atoms. The molecule has 1 aliphatic heterocycles. The van der Waals surface area contributed by atoms with Gasteiger partial charge in [-0.1, -0.05) is 19.9 Å². The van der Waals surface area contributed by atoms with Crippen molar-refractivity contribution in [3.8, 4) is 0 Å². The number of carboxylic acid groups (broad SMARTS) is 1. The number of anilines is 1. The smallest absolute Gasteiger partial charge is 0.339 e. The van der Waals surface area contributed by atoms with Crippen LogP contribution in [0.4, 0.5) is 10.5 Å². The lowest BCUT2D eigenvalue weighted by atomic mass is 9.99. The molecule has 1 atom stereocenters. The van der Waals surface area contributed by atoms with Gasteiger partial charge in [-0.05, 0) is 30.0 Å². The van der Waals surface area contributed by atoms with Crippen molar-refractivity contribution in [2.75, 3.05) is 25.5 Å². The number of aliphatic carboxylic acids is 1. The van der Waals surface area contributed by atoms with Gasteiger partial charge < -0.3 is 20.1 Å². The number of amides is 2. The van der Waals surface area contributed by atoms with E-state index in [1.807, 2.05) is 19.9 Å². The van der Waals surface area contributed by atoms with Crippen molar-refractivity contribution < 1.29 is 24.2 Å². The Morgan fingerprint density at radius 2 is 2.04 bits per heavy atom. The second-order valence-corrected chi connectivity index (χ2v) is 6.15. The minimum absolute atomic E-state index is 0.165. The second-order valence-electron chi connectivity index (χ2n) is 6.15. The predicted octanol–water partition coefficient (Wildman–Crippen LogP) is 2.54. The number of methoxy groups -OCH3 is 1. The van der Waals surface area contributed by atoms with E-state index in [-0.39, 0.29) is 18.0 Å². The van der Waals surface area contributed by atoms with Gasteiger partial charge in [0.25, 0.3) is 0 Å². The fourth-order valence-corrected chi connectivity index (χ4v) is 2.65. The van der Waals surface area contributed by atoms with Crippen molar-refractivity contribution in [1.29, 1.82) is 0 Å². The summed E-state index contributed by atoms with van der Waals surface area (Å²) >= 11 is 0. The van der Waals surface area contributed by atoms with Gasteiger partial charge in [-0.15, -0.1) is 0 Å². The minimum Gasteiger partial charge on any atom is -0.481 e. The van der Waals surface area contributed by atoms with Gasteiger partial charge in [0, 0.05) is 13.1 Å². The van der Waals surface area contributed by atoms with Gasteiger partial charge in [-0.25, -0.2) is 9.59 Å². The maximum atomic E-state index is 12.3. The van der Waals surface area contributed by atoms with Crippen LogP contribution in [0, 0.1) is 5.92 Å². The van der Waals surface area contributed by atoms with E-state index in [1.54, 1.807) is 12.1 Å². The van der Waals surface area contributed by atoms with E-state index in [0.29, 0.717) is 18.7 Å². The quantitative estimate of drug-likeness (QED) is 0.825. The second kappa shape index (κ2) is 7.33. The summed E-state index contributed by atoms with van der Waals surface area (Å²) in [5.41, 5.74) is 1.60. The Balaban J connectivity index is 2.18. The van der Waals surface area contributed by atoms with Gasteiger partial charge in [-0.3, -0.25) is 4.79 Å². The highest BCUT2D eigenvalue weighted by molar-refractivity contribution is 6.01. The summed E-state index contributed by atoms with van der Waals surface area (Å²) in [6.45, 7) is 4.55. The van der Waals surface area contributed by atoms with Gasteiger partial charge in [-0.2, -0.15) is 0 Å². The van der Waals surface area contributed by atoms with Crippen molar-refractivity contribution in [3.05, 3.63) is 29.3 Å². The Labute approximate surface area is 140 Å². The molecule has 0 radical (unpaired) electrons. The Kier molecular flexibility index (Phi) is 5.43. The molecule has 2 N–H and O–H groups in total. The van der Waals surface area contributed by atoms with Crippen LogP contribution in [-0.4, -0.2) is 48.2 Å². The van der Waals surface area contributed by atoms with Gasteiger partial charge in [0.1, 0.15) is 0 Å². The summed E-state index contributed by atoms with van der Waals surface area (Å²) < 4.78 is 4.79. The molecule has 130 valence electrons. The van der Waals surface area contributed by atoms with Crippen LogP contribution in [0.15, 0.2) is 18.2 Å². The van der Waals surface area contributed by atoms with Crippen LogP contribution < -0.4 is 5.32 Å². The zero-order valence-corrected chi connectivity index (χ0v) is 14.0. The van der Waals surface area contributed by atoms with E-state index in [2.05, 4.69) is 5.32 Å². The molecule has 1 aromatic rings. The third-order valence-electron chi connectivity index (χ3n) is 4.18. The summed E-state index contributed by atoms with van der Waals surface area (Å²) in [6.07, 6.45) is 0.429. The van der Waals surface area contributed by atoms with Gasteiger partial charge in [0.15, 0.2) is 0 Å². The SMILES string of the molecule is COC(=O)c1cc(C(C)C)ccc1NC(=O)N1CCC(C(=O)O)C1. The molecule has 1 aliphatic rings. The first-order valence-electron chi connectivity index (χ1n) is 7.84. The highest BCUT2D eigenvalue weighted by atomic mass is 16.5. The van der Waals surface area contributed by atoms with Crippen LogP contribution in [-0.2, 0) is 9.53 Å². The van der Waals surface area contributed by atoms with Crippen LogP contribution in [0.5, 0.6) is 0 Å². The highest BCUT2D eigenvalue weighted by Gasteiger charge is 2.31. The number of esters is 1. The van der Waals surface area contributed by atoms with E-state index in [9.17, 15) is 14.4 Å². The lowest BCUT2D eigenvalue weighted by Crippen LogP contribution is -2.34. The number of carbonyl (C=O) groups excluding carboxylic acids is 2. The molecular weight excluding hydrogens is 312 g/mol. The number of carbonyl (C=O) groups is 3. The lowest BCUT2D eigenvalue weighted by molar-refractivity contribution is -0.141. The number of nitrogens with zero attached hydrogens (tertiary/aromatic N) is 1. The maximum absolute atomic E-state index is 12.3. The van der Waals surface area contributed by atoms with Crippen molar-refractivity contribution >= 4 is 23.7 Å². The van der Waals surface area contributed by atoms with Crippen LogP contribution in [0.3, 0.4) is 0 Å². The van der Waals surface area contributed by atoms with Gasteiger partial charge >= 0.3 is 18.0 Å². The molecular formula is C17H22N2O5. The number of benzene rings is 1. The van der Waals surface area contributed by atoms with E-state index >= 15 is 0 Å². The molecule has 0 saturated carbocycles. The minimum atomic E-state index is -0.901. The Morgan fingerprint density at radius 3 is 2.58 bits per heavy atom. The summed E-state index contributed by atoms with van der Waals surface area (Å²) in [6, 6.07) is 4.80. The van der Waals surface area contributed by atoms with E-state index in [0.717, 1.165) is 5.56 Å². The van der Waals surface area contributed by atoms with Crippen LogP contribution in [0.2, 0.25) is 0 Å². The first-order chi connectivity index (χ1) is 11.3. The summed E-state index contributed by atoms with van der Waals surface area (Å²) in [4.78, 5) is 36.8. The fourth-order valence-electron chi connectivity index (χ4n) is 2.65. The van der Waals surface area contributed by atoms with Gasteiger partial charge in [0.2, 0.25) is 0 Å². The average molecular weight is 334 g/mol. The van der Waals surface area contributed by atoms with Crippen molar-refractivity contribution in [2.24, 2.45) is 5.92 Å². The summed E-state index contributed by atoms with van der Waals surface area (Å²) in [5.74, 6) is -1.74.